The molecule has 5 nitrogen and oxygen atoms in total. The molecule has 0 spiro atoms. The quantitative estimate of drug-likeness (QED) is 0.680. The summed E-state index contributed by atoms with van der Waals surface area (Å²) in [5.41, 5.74) is 2.83. The number of rotatable bonds is 2. The lowest BCUT2D eigenvalue weighted by Crippen LogP contribution is -2.29. The molecule has 0 saturated carbocycles. The molecule has 0 unspecified atom stereocenters. The molecule has 0 atom stereocenters. The zero-order valence-corrected chi connectivity index (χ0v) is 13.2. The third-order valence-corrected chi connectivity index (χ3v) is 4.19. The molecule has 2 amide bonds. The van der Waals surface area contributed by atoms with Crippen LogP contribution in [0.3, 0.4) is 0 Å². The second-order valence-electron chi connectivity index (χ2n) is 5.63. The number of carbonyl (C=O) groups excluding carboxylic acids is 2. The molecule has 0 saturated heterocycles. The van der Waals surface area contributed by atoms with Gasteiger partial charge in [-0.15, -0.1) is 0 Å². The Morgan fingerprint density at radius 2 is 1.58 bits per heavy atom. The molecule has 1 aliphatic rings. The number of aromatic nitrogens is 1. The summed E-state index contributed by atoms with van der Waals surface area (Å²) >= 11 is 0. The number of nitrogens with zero attached hydrogens (tertiary/aromatic N) is 2. The minimum Gasteiger partial charge on any atom is -0.494 e. The van der Waals surface area contributed by atoms with Crippen molar-refractivity contribution in [3.05, 3.63) is 65.4 Å². The van der Waals surface area contributed by atoms with Gasteiger partial charge in [-0.05, 0) is 43.3 Å². The highest BCUT2D eigenvalue weighted by atomic mass is 16.5. The Labute approximate surface area is 138 Å². The van der Waals surface area contributed by atoms with Crippen molar-refractivity contribution in [1.29, 1.82) is 0 Å². The SMILES string of the molecule is COc1ccc(N2C(=O)c3ccccc3C2=O)c2ccc(C)nc12. The summed E-state index contributed by atoms with van der Waals surface area (Å²) < 4.78 is 5.36. The number of fused-ring (bicyclic) bond motifs is 2. The van der Waals surface area contributed by atoms with Crippen LogP contribution in [0.1, 0.15) is 26.4 Å². The fourth-order valence-corrected chi connectivity index (χ4v) is 3.04. The van der Waals surface area contributed by atoms with Gasteiger partial charge in [-0.25, -0.2) is 9.88 Å². The number of anilines is 1. The standard InChI is InChI=1S/C19H14N2O3/c1-11-7-8-14-15(9-10-16(24-2)17(14)20-11)21-18(22)12-5-3-4-6-13(12)19(21)23/h3-10H,1-2H3. The first-order chi connectivity index (χ1) is 11.6. The van der Waals surface area contributed by atoms with E-state index in [4.69, 9.17) is 4.74 Å². The first kappa shape index (κ1) is 14.4. The Bertz CT molecular complexity index is 976. The maximum atomic E-state index is 12.7. The van der Waals surface area contributed by atoms with Crippen molar-refractivity contribution in [2.24, 2.45) is 0 Å². The summed E-state index contributed by atoms with van der Waals surface area (Å²) in [6, 6.07) is 14.0. The van der Waals surface area contributed by atoms with E-state index in [0.29, 0.717) is 33.5 Å². The normalized spacial score (nSPS) is 13.5. The van der Waals surface area contributed by atoms with Gasteiger partial charge >= 0.3 is 0 Å². The van der Waals surface area contributed by atoms with Crippen LogP contribution in [0, 0.1) is 6.92 Å². The van der Waals surface area contributed by atoms with Crippen LogP contribution in [0.4, 0.5) is 5.69 Å². The lowest BCUT2D eigenvalue weighted by atomic mass is 10.1. The van der Waals surface area contributed by atoms with Crippen LogP contribution in [0.2, 0.25) is 0 Å². The van der Waals surface area contributed by atoms with Crippen LogP contribution < -0.4 is 9.64 Å². The third kappa shape index (κ3) is 1.91. The van der Waals surface area contributed by atoms with Gasteiger partial charge in [0.25, 0.3) is 11.8 Å². The van der Waals surface area contributed by atoms with E-state index in [2.05, 4.69) is 4.98 Å². The molecule has 118 valence electrons. The Balaban J connectivity index is 1.96. The molecule has 0 bridgehead atoms. The van der Waals surface area contributed by atoms with Gasteiger partial charge in [-0.3, -0.25) is 9.59 Å². The summed E-state index contributed by atoms with van der Waals surface area (Å²) in [5.74, 6) is -0.0284. The van der Waals surface area contributed by atoms with Crippen molar-refractivity contribution in [1.82, 2.24) is 4.98 Å². The van der Waals surface area contributed by atoms with E-state index in [0.717, 1.165) is 5.69 Å². The number of benzene rings is 2. The van der Waals surface area contributed by atoms with Gasteiger partial charge in [-0.2, -0.15) is 0 Å². The highest BCUT2D eigenvalue weighted by molar-refractivity contribution is 6.36. The Morgan fingerprint density at radius 1 is 0.917 bits per heavy atom. The molecule has 2 heterocycles. The number of pyridine rings is 1. The van der Waals surface area contributed by atoms with E-state index in [1.165, 1.54) is 4.90 Å². The fraction of sp³-hybridized carbons (Fsp3) is 0.105. The van der Waals surface area contributed by atoms with Crippen LogP contribution in [0.25, 0.3) is 10.9 Å². The molecule has 1 aromatic heterocycles. The molecular weight excluding hydrogens is 304 g/mol. The lowest BCUT2D eigenvalue weighted by molar-refractivity contribution is 0.0926. The zero-order chi connectivity index (χ0) is 16.8. The maximum Gasteiger partial charge on any atom is 0.266 e. The Kier molecular flexibility index (Phi) is 3.09. The molecule has 0 radical (unpaired) electrons. The third-order valence-electron chi connectivity index (χ3n) is 4.19. The fourth-order valence-electron chi connectivity index (χ4n) is 3.04. The second kappa shape index (κ2) is 5.16. The number of carbonyl (C=O) groups is 2. The Morgan fingerprint density at radius 3 is 2.21 bits per heavy atom. The lowest BCUT2D eigenvalue weighted by Gasteiger charge is -2.17. The van der Waals surface area contributed by atoms with Crippen molar-refractivity contribution < 1.29 is 14.3 Å². The minimum absolute atomic E-state index is 0.317. The van der Waals surface area contributed by atoms with Gasteiger partial charge in [0.15, 0.2) is 0 Å². The van der Waals surface area contributed by atoms with E-state index in [1.807, 2.05) is 19.1 Å². The molecule has 4 rings (SSSR count). The number of amides is 2. The number of aryl methyl sites for hydroxylation is 1. The van der Waals surface area contributed by atoms with E-state index in [1.54, 1.807) is 43.5 Å². The number of imide groups is 1. The molecule has 1 aliphatic heterocycles. The topological polar surface area (TPSA) is 59.5 Å². The Hall–Kier alpha value is -3.21. The summed E-state index contributed by atoms with van der Waals surface area (Å²) in [7, 11) is 1.57. The smallest absolute Gasteiger partial charge is 0.266 e. The van der Waals surface area contributed by atoms with E-state index >= 15 is 0 Å². The average molecular weight is 318 g/mol. The molecular formula is C19H14N2O3. The number of methoxy groups -OCH3 is 1. The van der Waals surface area contributed by atoms with Crippen molar-refractivity contribution in [3.8, 4) is 5.75 Å². The summed E-state index contributed by atoms with van der Waals surface area (Å²) in [5, 5.41) is 0.703. The maximum absolute atomic E-state index is 12.7. The number of hydrogen-bond acceptors (Lipinski definition) is 4. The monoisotopic (exact) mass is 318 g/mol. The largest absolute Gasteiger partial charge is 0.494 e. The van der Waals surface area contributed by atoms with Crippen molar-refractivity contribution in [3.63, 3.8) is 0 Å². The molecule has 5 heteroatoms. The molecule has 0 N–H and O–H groups in total. The predicted octanol–water partition coefficient (Wildman–Crippen LogP) is 3.35. The van der Waals surface area contributed by atoms with Crippen molar-refractivity contribution >= 4 is 28.4 Å². The number of ether oxygens (including phenoxy) is 1. The summed E-state index contributed by atoms with van der Waals surface area (Å²) in [4.78, 5) is 31.2. The van der Waals surface area contributed by atoms with Gasteiger partial charge in [-0.1, -0.05) is 12.1 Å². The molecule has 0 fully saturated rings. The molecule has 3 aromatic rings. The van der Waals surface area contributed by atoms with E-state index in [-0.39, 0.29) is 11.8 Å². The molecule has 0 aliphatic carbocycles. The second-order valence-corrected chi connectivity index (χ2v) is 5.63. The van der Waals surface area contributed by atoms with Crippen LogP contribution in [-0.2, 0) is 0 Å². The number of hydrogen-bond donors (Lipinski definition) is 0. The van der Waals surface area contributed by atoms with Gasteiger partial charge in [0.2, 0.25) is 0 Å². The first-order valence-corrected chi connectivity index (χ1v) is 7.54. The van der Waals surface area contributed by atoms with Crippen molar-refractivity contribution in [2.45, 2.75) is 6.92 Å². The average Bonchev–Trinajstić information content (AvgIpc) is 2.85. The van der Waals surface area contributed by atoms with Gasteiger partial charge < -0.3 is 4.74 Å². The van der Waals surface area contributed by atoms with E-state index < -0.39 is 0 Å². The summed E-state index contributed by atoms with van der Waals surface area (Å²) in [6.07, 6.45) is 0. The highest BCUT2D eigenvalue weighted by Gasteiger charge is 2.37. The van der Waals surface area contributed by atoms with Crippen LogP contribution >= 0.6 is 0 Å². The summed E-state index contributed by atoms with van der Waals surface area (Å²) in [6.45, 7) is 1.88. The van der Waals surface area contributed by atoms with Crippen LogP contribution in [-0.4, -0.2) is 23.9 Å². The van der Waals surface area contributed by atoms with Crippen LogP contribution in [0.15, 0.2) is 48.5 Å². The van der Waals surface area contributed by atoms with Crippen molar-refractivity contribution in [2.75, 3.05) is 12.0 Å². The molecule has 24 heavy (non-hydrogen) atoms. The zero-order valence-electron chi connectivity index (χ0n) is 13.2. The van der Waals surface area contributed by atoms with Gasteiger partial charge in [0.1, 0.15) is 11.3 Å². The van der Waals surface area contributed by atoms with Gasteiger partial charge in [0.05, 0.1) is 23.9 Å². The minimum atomic E-state index is -0.317. The van der Waals surface area contributed by atoms with E-state index in [9.17, 15) is 9.59 Å². The van der Waals surface area contributed by atoms with Gasteiger partial charge in [0, 0.05) is 11.1 Å². The molecule has 2 aromatic carbocycles. The first-order valence-electron chi connectivity index (χ1n) is 7.54. The predicted molar refractivity (Wildman–Crippen MR) is 90.6 cm³/mol. The highest BCUT2D eigenvalue weighted by Crippen LogP contribution is 2.36. The van der Waals surface area contributed by atoms with Crippen LogP contribution in [0.5, 0.6) is 5.75 Å².